The summed E-state index contributed by atoms with van der Waals surface area (Å²) in [5.74, 6) is 0.790. The predicted octanol–water partition coefficient (Wildman–Crippen LogP) is 2.64. The molecule has 1 aliphatic rings. The number of para-hydroxylation sites is 2. The Balaban J connectivity index is 1.53. The summed E-state index contributed by atoms with van der Waals surface area (Å²) in [5, 5.41) is 13.6. The molecule has 3 heterocycles. The van der Waals surface area contributed by atoms with Crippen LogP contribution in [0, 0.1) is 0 Å². The van der Waals surface area contributed by atoms with E-state index in [9.17, 15) is 0 Å². The van der Waals surface area contributed by atoms with E-state index in [0.29, 0.717) is 0 Å². The molecular weight excluding hydrogens is 300 g/mol. The maximum atomic E-state index is 4.26. The lowest BCUT2D eigenvalue weighted by Gasteiger charge is -2.29. The summed E-state index contributed by atoms with van der Waals surface area (Å²) < 4.78 is 4.20. The molecule has 6 nitrogen and oxygen atoms in total. The minimum Gasteiger partial charge on any atom is -0.341 e. The van der Waals surface area contributed by atoms with Gasteiger partial charge in [-0.05, 0) is 40.1 Å². The topological polar surface area (TPSA) is 51.8 Å². The van der Waals surface area contributed by atoms with Gasteiger partial charge in [0.05, 0.1) is 12.2 Å². The highest BCUT2D eigenvalue weighted by molar-refractivity contribution is 5.81. The fourth-order valence-electron chi connectivity index (χ4n) is 3.44. The Morgan fingerprint density at radius 3 is 2.62 bits per heavy atom. The second kappa shape index (κ2) is 5.19. The zero-order valence-electron chi connectivity index (χ0n) is 13.1. The number of hydrogen-bond donors (Lipinski definition) is 0. The molecule has 0 bridgehead atoms. The van der Waals surface area contributed by atoms with E-state index in [1.807, 2.05) is 30.3 Å². The van der Waals surface area contributed by atoms with Crippen molar-refractivity contribution in [1.82, 2.24) is 24.8 Å². The van der Waals surface area contributed by atoms with Crippen molar-refractivity contribution in [3.8, 4) is 5.69 Å². The minimum atomic E-state index is 0.790. The van der Waals surface area contributed by atoms with Crippen LogP contribution in [0.3, 0.4) is 0 Å². The highest BCUT2D eigenvalue weighted by atomic mass is 15.6. The van der Waals surface area contributed by atoms with Crippen LogP contribution < -0.4 is 4.90 Å². The summed E-state index contributed by atoms with van der Waals surface area (Å²) in [7, 11) is 0. The van der Waals surface area contributed by atoms with E-state index in [-0.39, 0.29) is 0 Å². The smallest absolute Gasteiger partial charge is 0.250 e. The molecule has 0 atom stereocenters. The van der Waals surface area contributed by atoms with Crippen molar-refractivity contribution in [2.75, 3.05) is 11.4 Å². The number of rotatable bonds is 2. The molecule has 0 saturated heterocycles. The van der Waals surface area contributed by atoms with Crippen LogP contribution in [-0.4, -0.2) is 31.3 Å². The molecule has 2 aromatic heterocycles. The molecule has 4 aromatic rings. The van der Waals surface area contributed by atoms with E-state index in [2.05, 4.69) is 55.3 Å². The van der Waals surface area contributed by atoms with Gasteiger partial charge >= 0.3 is 0 Å². The second-order valence-electron chi connectivity index (χ2n) is 5.99. The van der Waals surface area contributed by atoms with Crippen LogP contribution >= 0.6 is 0 Å². The largest absolute Gasteiger partial charge is 0.341 e. The number of aromatic nitrogens is 5. The molecule has 0 N–H and O–H groups in total. The third kappa shape index (κ3) is 2.00. The first-order valence-corrected chi connectivity index (χ1v) is 8.06. The molecule has 0 aliphatic carbocycles. The Hall–Kier alpha value is -3.15. The van der Waals surface area contributed by atoms with Gasteiger partial charge in [0, 0.05) is 24.3 Å². The van der Waals surface area contributed by atoms with Crippen LogP contribution in [0.25, 0.3) is 16.6 Å². The number of hydrogen-bond acceptors (Lipinski definition) is 4. The molecule has 0 fully saturated rings. The average Bonchev–Trinajstić information content (AvgIpc) is 3.26. The zero-order valence-corrected chi connectivity index (χ0v) is 13.1. The van der Waals surface area contributed by atoms with Gasteiger partial charge in [-0.25, -0.2) is 0 Å². The molecule has 0 unspecified atom stereocenters. The van der Waals surface area contributed by atoms with E-state index >= 15 is 0 Å². The summed E-state index contributed by atoms with van der Waals surface area (Å²) in [6.07, 6.45) is 0. The first kappa shape index (κ1) is 13.3. The van der Waals surface area contributed by atoms with Crippen molar-refractivity contribution in [1.29, 1.82) is 0 Å². The van der Waals surface area contributed by atoms with Crippen LogP contribution in [0.5, 0.6) is 0 Å². The Labute approximate surface area is 138 Å². The van der Waals surface area contributed by atoms with Gasteiger partial charge in [0.15, 0.2) is 0 Å². The predicted molar refractivity (Wildman–Crippen MR) is 92.1 cm³/mol. The second-order valence-corrected chi connectivity index (χ2v) is 5.99. The molecule has 118 valence electrons. The van der Waals surface area contributed by atoms with E-state index in [4.69, 9.17) is 0 Å². The van der Waals surface area contributed by atoms with Gasteiger partial charge in [0.2, 0.25) is 0 Å². The van der Waals surface area contributed by atoms with Crippen molar-refractivity contribution in [3.05, 3.63) is 66.4 Å². The molecular formula is C18H16N6. The number of fused-ring (bicyclic) bond motifs is 3. The normalized spacial score (nSPS) is 14.1. The van der Waals surface area contributed by atoms with Crippen molar-refractivity contribution >= 4 is 16.9 Å². The Morgan fingerprint density at radius 2 is 1.71 bits per heavy atom. The SMILES string of the molecule is c1ccc(-n2nnnc2N2CCn3c(cc4ccccc43)C2)cc1. The van der Waals surface area contributed by atoms with Crippen LogP contribution in [0.4, 0.5) is 5.95 Å². The summed E-state index contributed by atoms with van der Waals surface area (Å²) >= 11 is 0. The van der Waals surface area contributed by atoms with Crippen LogP contribution in [0.2, 0.25) is 0 Å². The van der Waals surface area contributed by atoms with Gasteiger partial charge < -0.3 is 9.47 Å². The van der Waals surface area contributed by atoms with Gasteiger partial charge in [-0.3, -0.25) is 0 Å². The summed E-state index contributed by atoms with van der Waals surface area (Å²) in [5.41, 5.74) is 3.57. The van der Waals surface area contributed by atoms with Crippen molar-refractivity contribution < 1.29 is 0 Å². The number of benzene rings is 2. The quantitative estimate of drug-likeness (QED) is 0.570. The molecule has 0 radical (unpaired) electrons. The third-order valence-corrected chi connectivity index (χ3v) is 4.58. The van der Waals surface area contributed by atoms with E-state index in [0.717, 1.165) is 31.3 Å². The fraction of sp³-hybridized carbons (Fsp3) is 0.167. The highest BCUT2D eigenvalue weighted by Gasteiger charge is 2.23. The summed E-state index contributed by atoms with van der Waals surface area (Å²) in [4.78, 5) is 2.24. The highest BCUT2D eigenvalue weighted by Crippen LogP contribution is 2.26. The third-order valence-electron chi connectivity index (χ3n) is 4.58. The van der Waals surface area contributed by atoms with E-state index in [1.165, 1.54) is 16.6 Å². The fourth-order valence-corrected chi connectivity index (χ4v) is 3.44. The average molecular weight is 316 g/mol. The maximum Gasteiger partial charge on any atom is 0.250 e. The molecule has 6 heteroatoms. The van der Waals surface area contributed by atoms with Gasteiger partial charge in [0.1, 0.15) is 0 Å². The Kier molecular flexibility index (Phi) is 2.88. The van der Waals surface area contributed by atoms with Gasteiger partial charge in [0.25, 0.3) is 5.95 Å². The number of tetrazole rings is 1. The van der Waals surface area contributed by atoms with Gasteiger partial charge in [-0.1, -0.05) is 41.5 Å². The minimum absolute atomic E-state index is 0.790. The summed E-state index contributed by atoms with van der Waals surface area (Å²) in [6, 6.07) is 20.8. The van der Waals surface area contributed by atoms with Gasteiger partial charge in [-0.2, -0.15) is 4.68 Å². The van der Waals surface area contributed by atoms with E-state index < -0.39 is 0 Å². The van der Waals surface area contributed by atoms with Crippen molar-refractivity contribution in [2.45, 2.75) is 13.1 Å². The first-order valence-electron chi connectivity index (χ1n) is 8.06. The van der Waals surface area contributed by atoms with Crippen LogP contribution in [0.15, 0.2) is 60.7 Å². The van der Waals surface area contributed by atoms with Gasteiger partial charge in [-0.15, -0.1) is 0 Å². The molecule has 2 aromatic carbocycles. The monoisotopic (exact) mass is 316 g/mol. The van der Waals surface area contributed by atoms with Crippen LogP contribution in [0.1, 0.15) is 5.69 Å². The first-order chi connectivity index (χ1) is 11.9. The molecule has 5 rings (SSSR count). The number of anilines is 1. The van der Waals surface area contributed by atoms with Crippen LogP contribution in [-0.2, 0) is 13.1 Å². The lowest BCUT2D eigenvalue weighted by atomic mass is 10.2. The summed E-state index contributed by atoms with van der Waals surface area (Å²) in [6.45, 7) is 2.63. The zero-order chi connectivity index (χ0) is 15.9. The Morgan fingerprint density at radius 1 is 0.875 bits per heavy atom. The molecule has 0 spiro atoms. The lowest BCUT2D eigenvalue weighted by Crippen LogP contribution is -2.35. The number of nitrogens with zero attached hydrogens (tertiary/aromatic N) is 6. The van der Waals surface area contributed by atoms with Crippen molar-refractivity contribution in [2.24, 2.45) is 0 Å². The standard InChI is InChI=1S/C18H16N6/c1-2-7-15(8-3-1)24-18(19-20-21-24)22-10-11-23-16(13-22)12-14-6-4-5-9-17(14)23/h1-9,12H,10-11,13H2. The molecule has 0 saturated carbocycles. The van der Waals surface area contributed by atoms with E-state index in [1.54, 1.807) is 4.68 Å². The molecule has 0 amide bonds. The Bertz CT molecular complexity index is 1000. The molecule has 1 aliphatic heterocycles. The maximum absolute atomic E-state index is 4.26. The van der Waals surface area contributed by atoms with Crippen molar-refractivity contribution in [3.63, 3.8) is 0 Å². The lowest BCUT2D eigenvalue weighted by molar-refractivity contribution is 0.570. The molecule has 24 heavy (non-hydrogen) atoms.